The Morgan fingerprint density at radius 3 is 2.56 bits per heavy atom. The van der Waals surface area contributed by atoms with Gasteiger partial charge in [-0.2, -0.15) is 0 Å². The van der Waals surface area contributed by atoms with Crippen LogP contribution in [0.2, 0.25) is 0 Å². The van der Waals surface area contributed by atoms with Gasteiger partial charge in [0, 0.05) is 13.0 Å². The fourth-order valence-electron chi connectivity index (χ4n) is 2.49. The van der Waals surface area contributed by atoms with Gasteiger partial charge in [0.15, 0.2) is 6.29 Å². The molecular weight excluding hydrogens is 228 g/mol. The van der Waals surface area contributed by atoms with E-state index in [2.05, 4.69) is 26.0 Å². The lowest BCUT2D eigenvalue weighted by Gasteiger charge is -2.20. The van der Waals surface area contributed by atoms with Gasteiger partial charge in [-0.25, -0.2) is 0 Å². The fraction of sp³-hybridized carbons (Fsp3) is 0.600. The summed E-state index contributed by atoms with van der Waals surface area (Å²) in [6.07, 6.45) is 0.996. The normalized spacial score (nSPS) is 31.7. The zero-order valence-corrected chi connectivity index (χ0v) is 11.3. The monoisotopic (exact) mass is 250 g/mol. The molecule has 0 aromatic heterocycles. The molecule has 0 bridgehead atoms. The Kier molecular flexibility index (Phi) is 4.75. The first-order valence-electron chi connectivity index (χ1n) is 6.60. The molecular formula is C15H22O3. The summed E-state index contributed by atoms with van der Waals surface area (Å²) in [5.41, 5.74) is 1.18. The van der Waals surface area contributed by atoms with Crippen LogP contribution in [-0.2, 0) is 20.8 Å². The first-order valence-corrected chi connectivity index (χ1v) is 6.60. The third-order valence-electron chi connectivity index (χ3n) is 3.60. The first kappa shape index (κ1) is 13.5. The van der Waals surface area contributed by atoms with E-state index >= 15 is 0 Å². The maximum absolute atomic E-state index is 5.99. The van der Waals surface area contributed by atoms with Crippen molar-refractivity contribution < 1.29 is 14.2 Å². The van der Waals surface area contributed by atoms with Crippen LogP contribution in [0.3, 0.4) is 0 Å². The molecule has 1 unspecified atom stereocenters. The van der Waals surface area contributed by atoms with Crippen molar-refractivity contribution in [3.05, 3.63) is 35.9 Å². The largest absolute Gasteiger partial charge is 0.368 e. The molecule has 3 heteroatoms. The molecule has 0 saturated carbocycles. The van der Waals surface area contributed by atoms with Gasteiger partial charge in [0.05, 0.1) is 12.7 Å². The molecule has 18 heavy (non-hydrogen) atoms. The van der Waals surface area contributed by atoms with Crippen LogP contribution in [0.5, 0.6) is 0 Å². The highest BCUT2D eigenvalue weighted by atomic mass is 16.7. The van der Waals surface area contributed by atoms with Crippen molar-refractivity contribution in [1.29, 1.82) is 0 Å². The van der Waals surface area contributed by atoms with E-state index in [1.807, 2.05) is 18.2 Å². The molecule has 1 aromatic carbocycles. The standard InChI is InChI=1S/C15H22O3/c1-4-13-11(2)14(15(16-3)18-13)17-10-12-8-6-5-7-9-12/h5-9,11,13-15H,4,10H2,1-3H3/t11-,13-,14-,15?/m1/s1. The van der Waals surface area contributed by atoms with Crippen molar-refractivity contribution in [2.75, 3.05) is 7.11 Å². The molecule has 1 aliphatic rings. The zero-order valence-electron chi connectivity index (χ0n) is 11.3. The Bertz CT molecular complexity index is 350. The summed E-state index contributed by atoms with van der Waals surface area (Å²) >= 11 is 0. The van der Waals surface area contributed by atoms with Crippen molar-refractivity contribution in [2.24, 2.45) is 5.92 Å². The minimum absolute atomic E-state index is 0.0140. The molecule has 4 atom stereocenters. The minimum atomic E-state index is -0.242. The Balaban J connectivity index is 1.95. The number of methoxy groups -OCH3 is 1. The van der Waals surface area contributed by atoms with Crippen LogP contribution in [0.1, 0.15) is 25.8 Å². The van der Waals surface area contributed by atoms with Crippen LogP contribution < -0.4 is 0 Å². The van der Waals surface area contributed by atoms with E-state index in [0.717, 1.165) is 6.42 Å². The average molecular weight is 250 g/mol. The fourth-order valence-corrected chi connectivity index (χ4v) is 2.49. The molecule has 0 amide bonds. The Labute approximate surface area is 109 Å². The van der Waals surface area contributed by atoms with E-state index in [9.17, 15) is 0 Å². The molecule has 1 heterocycles. The molecule has 0 radical (unpaired) electrons. The summed E-state index contributed by atoms with van der Waals surface area (Å²) in [4.78, 5) is 0. The van der Waals surface area contributed by atoms with Crippen LogP contribution in [0, 0.1) is 5.92 Å². The lowest BCUT2D eigenvalue weighted by atomic mass is 9.99. The highest BCUT2D eigenvalue weighted by Crippen LogP contribution is 2.31. The Hall–Kier alpha value is -0.900. The Morgan fingerprint density at radius 2 is 1.94 bits per heavy atom. The SMILES string of the molecule is CC[C@H]1OC(OC)[C@H](OCc2ccccc2)[C@@H]1C. The molecule has 0 spiro atoms. The van der Waals surface area contributed by atoms with Gasteiger partial charge in [-0.3, -0.25) is 0 Å². The van der Waals surface area contributed by atoms with Crippen LogP contribution in [0.4, 0.5) is 0 Å². The zero-order chi connectivity index (χ0) is 13.0. The second-order valence-corrected chi connectivity index (χ2v) is 4.81. The number of hydrogen-bond acceptors (Lipinski definition) is 3. The van der Waals surface area contributed by atoms with E-state index < -0.39 is 0 Å². The van der Waals surface area contributed by atoms with E-state index in [0.29, 0.717) is 12.5 Å². The van der Waals surface area contributed by atoms with Gasteiger partial charge in [0.1, 0.15) is 6.10 Å². The van der Waals surface area contributed by atoms with E-state index in [1.54, 1.807) is 7.11 Å². The molecule has 100 valence electrons. The summed E-state index contributed by atoms with van der Waals surface area (Å²) in [6.45, 7) is 4.91. The maximum atomic E-state index is 5.99. The van der Waals surface area contributed by atoms with Crippen LogP contribution >= 0.6 is 0 Å². The number of rotatable bonds is 5. The maximum Gasteiger partial charge on any atom is 0.184 e. The van der Waals surface area contributed by atoms with E-state index in [4.69, 9.17) is 14.2 Å². The molecule has 1 saturated heterocycles. The van der Waals surface area contributed by atoms with Gasteiger partial charge in [0.2, 0.25) is 0 Å². The van der Waals surface area contributed by atoms with E-state index in [1.165, 1.54) is 5.56 Å². The summed E-state index contributed by atoms with van der Waals surface area (Å²) in [6, 6.07) is 10.2. The van der Waals surface area contributed by atoms with Crippen LogP contribution in [-0.4, -0.2) is 25.6 Å². The lowest BCUT2D eigenvalue weighted by Crippen LogP contribution is -2.30. The molecule has 2 rings (SSSR count). The second kappa shape index (κ2) is 6.32. The first-order chi connectivity index (χ1) is 8.76. The topological polar surface area (TPSA) is 27.7 Å². The molecule has 0 N–H and O–H groups in total. The van der Waals surface area contributed by atoms with Gasteiger partial charge in [0.25, 0.3) is 0 Å². The van der Waals surface area contributed by atoms with Crippen LogP contribution in [0.25, 0.3) is 0 Å². The third kappa shape index (κ3) is 2.91. The molecule has 1 fully saturated rings. The molecule has 1 aromatic rings. The quantitative estimate of drug-likeness (QED) is 0.804. The van der Waals surface area contributed by atoms with Gasteiger partial charge >= 0.3 is 0 Å². The van der Waals surface area contributed by atoms with Crippen molar-refractivity contribution in [3.8, 4) is 0 Å². The summed E-state index contributed by atoms with van der Waals surface area (Å²) in [5, 5.41) is 0. The average Bonchev–Trinajstić information content (AvgIpc) is 2.73. The Morgan fingerprint density at radius 1 is 1.22 bits per heavy atom. The minimum Gasteiger partial charge on any atom is -0.368 e. The van der Waals surface area contributed by atoms with Crippen molar-refractivity contribution in [1.82, 2.24) is 0 Å². The van der Waals surface area contributed by atoms with Crippen molar-refractivity contribution in [3.63, 3.8) is 0 Å². The van der Waals surface area contributed by atoms with Crippen molar-refractivity contribution >= 4 is 0 Å². The third-order valence-corrected chi connectivity index (χ3v) is 3.60. The predicted octanol–water partition coefficient (Wildman–Crippen LogP) is 2.99. The van der Waals surface area contributed by atoms with Gasteiger partial charge < -0.3 is 14.2 Å². The van der Waals surface area contributed by atoms with Crippen LogP contribution in [0.15, 0.2) is 30.3 Å². The highest BCUT2D eigenvalue weighted by Gasteiger charge is 2.41. The molecule has 3 nitrogen and oxygen atoms in total. The predicted molar refractivity (Wildman–Crippen MR) is 70.1 cm³/mol. The van der Waals surface area contributed by atoms with E-state index in [-0.39, 0.29) is 18.5 Å². The lowest BCUT2D eigenvalue weighted by molar-refractivity contribution is -0.164. The summed E-state index contributed by atoms with van der Waals surface area (Å²) in [7, 11) is 1.67. The van der Waals surface area contributed by atoms with Gasteiger partial charge in [-0.05, 0) is 12.0 Å². The number of hydrogen-bond donors (Lipinski definition) is 0. The smallest absolute Gasteiger partial charge is 0.184 e. The van der Waals surface area contributed by atoms with Gasteiger partial charge in [-0.15, -0.1) is 0 Å². The summed E-state index contributed by atoms with van der Waals surface area (Å²) < 4.78 is 17.2. The number of benzene rings is 1. The van der Waals surface area contributed by atoms with Gasteiger partial charge in [-0.1, -0.05) is 44.2 Å². The molecule has 1 aliphatic heterocycles. The molecule has 0 aliphatic carbocycles. The second-order valence-electron chi connectivity index (χ2n) is 4.81. The summed E-state index contributed by atoms with van der Waals surface area (Å²) in [5.74, 6) is 0.365. The number of ether oxygens (including phenoxy) is 3. The van der Waals surface area contributed by atoms with Crippen molar-refractivity contribution in [2.45, 2.75) is 45.4 Å². The highest BCUT2D eigenvalue weighted by molar-refractivity contribution is 5.13.